The molecule has 0 aliphatic rings. The summed E-state index contributed by atoms with van der Waals surface area (Å²) in [5.41, 5.74) is 0. The quantitative estimate of drug-likeness (QED) is 0.211. The predicted octanol–water partition coefficient (Wildman–Crippen LogP) is 4.99. The molecular weight excluding hydrogens is 380 g/mol. The van der Waals surface area contributed by atoms with E-state index in [1.165, 1.54) is 64.2 Å². The van der Waals surface area contributed by atoms with Gasteiger partial charge >= 0.3 is 5.97 Å². The maximum absolute atomic E-state index is 12.3. The molecule has 0 atom stereocenters. The van der Waals surface area contributed by atoms with E-state index in [0.29, 0.717) is 19.5 Å². The topological polar surface area (TPSA) is 78.9 Å². The molecule has 0 fully saturated rings. The van der Waals surface area contributed by atoms with Gasteiger partial charge in [-0.1, -0.05) is 97.8 Å². The first kappa shape index (κ1) is 28.9. The number of carbonyl (C=O) groups is 2. The molecule has 0 aliphatic heterocycles. The molecule has 6 nitrogen and oxygen atoms in total. The van der Waals surface area contributed by atoms with Gasteiger partial charge in [0.25, 0.3) is 5.91 Å². The summed E-state index contributed by atoms with van der Waals surface area (Å²) in [6.45, 7) is 7.50. The van der Waals surface area contributed by atoms with Crippen LogP contribution in [-0.4, -0.2) is 48.3 Å². The second-order valence-corrected chi connectivity index (χ2v) is 8.65. The molecule has 0 aromatic rings. The Morgan fingerprint density at radius 3 is 1.83 bits per heavy atom. The second-order valence-electron chi connectivity index (χ2n) is 8.65. The van der Waals surface area contributed by atoms with Crippen molar-refractivity contribution in [3.8, 4) is 0 Å². The number of hydroxylamine groups is 2. The van der Waals surface area contributed by atoms with E-state index in [4.69, 9.17) is 9.94 Å². The summed E-state index contributed by atoms with van der Waals surface area (Å²) in [6.07, 6.45) is 16.8. The van der Waals surface area contributed by atoms with Gasteiger partial charge in [-0.3, -0.25) is 4.79 Å². The molecule has 0 unspecified atom stereocenters. The van der Waals surface area contributed by atoms with Crippen LogP contribution >= 0.6 is 0 Å². The first-order valence-corrected chi connectivity index (χ1v) is 12.3. The highest BCUT2D eigenvalue weighted by molar-refractivity contribution is 5.78. The largest absolute Gasteiger partial charge is 0.385 e. The maximum Gasteiger partial charge on any atom is 0.357 e. The van der Waals surface area contributed by atoms with Crippen LogP contribution in [0.2, 0.25) is 0 Å². The number of nitrogens with zero attached hydrogens (tertiary/aromatic N) is 1. The number of likely N-dealkylation sites (N-methyl/N-ethyl adjacent to an activating group) is 1. The molecule has 6 heteroatoms. The van der Waals surface area contributed by atoms with Gasteiger partial charge in [0.15, 0.2) is 0 Å². The SMILES string of the molecule is CCNCCN(OC(=O)CO)C(=O)CCCCCCCCCCCCCCC(C)C. The molecule has 2 N–H and O–H groups in total. The van der Waals surface area contributed by atoms with Crippen molar-refractivity contribution in [1.82, 2.24) is 10.4 Å². The molecule has 0 heterocycles. The van der Waals surface area contributed by atoms with Gasteiger partial charge in [0.2, 0.25) is 0 Å². The normalized spacial score (nSPS) is 11.1. The highest BCUT2D eigenvalue weighted by Crippen LogP contribution is 2.14. The van der Waals surface area contributed by atoms with Crippen molar-refractivity contribution < 1.29 is 19.5 Å². The minimum Gasteiger partial charge on any atom is -0.385 e. The van der Waals surface area contributed by atoms with Crippen LogP contribution < -0.4 is 5.32 Å². The van der Waals surface area contributed by atoms with Crippen LogP contribution in [0, 0.1) is 5.92 Å². The number of aliphatic hydroxyl groups excluding tert-OH is 1. The zero-order valence-electron chi connectivity index (χ0n) is 19.9. The lowest BCUT2D eigenvalue weighted by Crippen LogP contribution is -2.39. The minimum absolute atomic E-state index is 0.192. The maximum atomic E-state index is 12.3. The van der Waals surface area contributed by atoms with Gasteiger partial charge in [0, 0.05) is 13.0 Å². The Bertz CT molecular complexity index is 416. The average molecular weight is 429 g/mol. The average Bonchev–Trinajstić information content (AvgIpc) is 2.72. The summed E-state index contributed by atoms with van der Waals surface area (Å²) in [5, 5.41) is 13.0. The number of aliphatic hydroxyl groups is 1. The molecule has 0 aliphatic carbocycles. The molecule has 178 valence electrons. The van der Waals surface area contributed by atoms with Gasteiger partial charge in [-0.05, 0) is 18.9 Å². The molecule has 0 aromatic heterocycles. The third kappa shape index (κ3) is 18.9. The van der Waals surface area contributed by atoms with Crippen LogP contribution in [0.3, 0.4) is 0 Å². The summed E-state index contributed by atoms with van der Waals surface area (Å²) < 4.78 is 0. The van der Waals surface area contributed by atoms with Crippen molar-refractivity contribution in [2.75, 3.05) is 26.2 Å². The number of hydrogen-bond donors (Lipinski definition) is 2. The van der Waals surface area contributed by atoms with E-state index < -0.39 is 12.6 Å². The highest BCUT2D eigenvalue weighted by atomic mass is 16.7. The number of rotatable bonds is 20. The fraction of sp³-hybridized carbons (Fsp3) is 0.917. The number of nitrogens with one attached hydrogen (secondary N) is 1. The van der Waals surface area contributed by atoms with E-state index >= 15 is 0 Å². The summed E-state index contributed by atoms with van der Waals surface area (Å²) in [4.78, 5) is 28.5. The monoisotopic (exact) mass is 428 g/mol. The van der Waals surface area contributed by atoms with Crippen molar-refractivity contribution in [3.05, 3.63) is 0 Å². The first-order valence-electron chi connectivity index (χ1n) is 12.3. The van der Waals surface area contributed by atoms with Gasteiger partial charge in [-0.2, -0.15) is 5.06 Å². The smallest absolute Gasteiger partial charge is 0.357 e. The zero-order valence-corrected chi connectivity index (χ0v) is 19.9. The summed E-state index contributed by atoms with van der Waals surface area (Å²) in [5.74, 6) is -0.146. The zero-order chi connectivity index (χ0) is 22.5. The van der Waals surface area contributed by atoms with Crippen LogP contribution in [0.5, 0.6) is 0 Å². The van der Waals surface area contributed by atoms with Gasteiger partial charge < -0.3 is 15.3 Å². The van der Waals surface area contributed by atoms with Gasteiger partial charge in [0.05, 0.1) is 6.54 Å². The second kappa shape index (κ2) is 21.1. The molecule has 0 bridgehead atoms. The molecule has 1 amide bonds. The van der Waals surface area contributed by atoms with Gasteiger partial charge in [0.1, 0.15) is 6.61 Å². The standard InChI is InChI=1S/C24H48N2O4/c1-4-25-19-20-26(30-24(29)21-27)23(28)18-16-14-12-10-8-6-5-7-9-11-13-15-17-22(2)3/h22,25,27H,4-21H2,1-3H3. The van der Waals surface area contributed by atoms with Gasteiger partial charge in [-0.15, -0.1) is 0 Å². The van der Waals surface area contributed by atoms with E-state index in [2.05, 4.69) is 19.2 Å². The number of carbonyl (C=O) groups excluding carboxylic acids is 2. The third-order valence-electron chi connectivity index (χ3n) is 5.28. The Labute approximate surface area is 185 Å². The number of hydrogen-bond acceptors (Lipinski definition) is 5. The fourth-order valence-electron chi connectivity index (χ4n) is 3.45. The molecule has 0 radical (unpaired) electrons. The Kier molecular flexibility index (Phi) is 20.3. The van der Waals surface area contributed by atoms with Crippen LogP contribution in [0.1, 0.15) is 111 Å². The Balaban J connectivity index is 3.61. The van der Waals surface area contributed by atoms with Crippen molar-refractivity contribution in [3.63, 3.8) is 0 Å². The van der Waals surface area contributed by atoms with Crippen LogP contribution in [0.4, 0.5) is 0 Å². The van der Waals surface area contributed by atoms with Crippen LogP contribution in [-0.2, 0) is 14.4 Å². The Morgan fingerprint density at radius 1 is 0.867 bits per heavy atom. The molecule has 0 aromatic carbocycles. The highest BCUT2D eigenvalue weighted by Gasteiger charge is 2.17. The summed E-state index contributed by atoms with van der Waals surface area (Å²) in [7, 11) is 0. The third-order valence-corrected chi connectivity index (χ3v) is 5.28. The van der Waals surface area contributed by atoms with E-state index in [-0.39, 0.29) is 5.91 Å². The molecule has 0 saturated carbocycles. The van der Waals surface area contributed by atoms with Crippen LogP contribution in [0.15, 0.2) is 0 Å². The molecule has 0 rings (SSSR count). The van der Waals surface area contributed by atoms with Crippen LogP contribution in [0.25, 0.3) is 0 Å². The van der Waals surface area contributed by atoms with E-state index in [9.17, 15) is 9.59 Å². The molecule has 0 saturated heterocycles. The molecule has 0 spiro atoms. The minimum atomic E-state index is -0.796. The van der Waals surface area contributed by atoms with E-state index in [1.54, 1.807) is 0 Å². The molecular formula is C24H48N2O4. The van der Waals surface area contributed by atoms with Crippen molar-refractivity contribution >= 4 is 11.9 Å². The Hall–Kier alpha value is -1.14. The predicted molar refractivity (Wildman–Crippen MR) is 123 cm³/mol. The number of unbranched alkanes of at least 4 members (excludes halogenated alkanes) is 11. The lowest BCUT2D eigenvalue weighted by molar-refractivity contribution is -0.200. The molecule has 30 heavy (non-hydrogen) atoms. The first-order chi connectivity index (χ1) is 14.5. The lowest BCUT2D eigenvalue weighted by Gasteiger charge is -2.21. The fourth-order valence-corrected chi connectivity index (χ4v) is 3.45. The van der Waals surface area contributed by atoms with Gasteiger partial charge in [-0.25, -0.2) is 4.79 Å². The lowest BCUT2D eigenvalue weighted by atomic mass is 10.0. The van der Waals surface area contributed by atoms with E-state index in [0.717, 1.165) is 36.8 Å². The van der Waals surface area contributed by atoms with Crippen molar-refractivity contribution in [2.45, 2.75) is 111 Å². The summed E-state index contributed by atoms with van der Waals surface area (Å²) in [6, 6.07) is 0. The Morgan fingerprint density at radius 2 is 1.37 bits per heavy atom. The van der Waals surface area contributed by atoms with Crippen molar-refractivity contribution in [1.29, 1.82) is 0 Å². The summed E-state index contributed by atoms with van der Waals surface area (Å²) >= 11 is 0. The van der Waals surface area contributed by atoms with E-state index in [1.807, 2.05) is 6.92 Å². The van der Waals surface area contributed by atoms with Crippen molar-refractivity contribution in [2.24, 2.45) is 5.92 Å². The number of amides is 1.